The molecule has 3 aliphatic rings. The Kier molecular flexibility index (Phi) is 5.16. The molecule has 0 bridgehead atoms. The average molecular weight is 463 g/mol. The first kappa shape index (κ1) is 21.6. The number of pyridine rings is 1. The van der Waals surface area contributed by atoms with Crippen molar-refractivity contribution in [3.63, 3.8) is 0 Å². The molecule has 1 unspecified atom stereocenters. The minimum atomic E-state index is -0.885. The third-order valence-electron chi connectivity index (χ3n) is 8.32. The number of aromatic nitrogens is 4. The standard InChI is InChI=1S/C25H30N6O3/c1-16-22(24(34)23(16)33)30-12-8-25(9-13-30)6-10-29(11-7-25)15-20(32)18-2-4-19-17(14-18)3-5-21-26-27-28-31(19)21/h2-5,14,20,23,32-33H,6-13,15H2,1H3/t20-,23?/m0/s1. The van der Waals surface area contributed by atoms with E-state index in [0.29, 0.717) is 17.6 Å². The number of hydrogen-bond donors (Lipinski definition) is 2. The van der Waals surface area contributed by atoms with E-state index in [0.717, 1.165) is 79.6 Å². The van der Waals surface area contributed by atoms with Gasteiger partial charge in [0.25, 0.3) is 0 Å². The zero-order chi connectivity index (χ0) is 23.4. The molecule has 3 aromatic rings. The molecule has 2 atom stereocenters. The summed E-state index contributed by atoms with van der Waals surface area (Å²) in [6, 6.07) is 9.83. The third kappa shape index (κ3) is 3.50. The molecular weight excluding hydrogens is 432 g/mol. The van der Waals surface area contributed by atoms with E-state index in [1.54, 1.807) is 4.52 Å². The van der Waals surface area contributed by atoms with E-state index in [1.165, 1.54) is 0 Å². The minimum absolute atomic E-state index is 0.117. The Morgan fingerprint density at radius 2 is 1.82 bits per heavy atom. The number of benzene rings is 1. The lowest BCUT2D eigenvalue weighted by atomic mass is 9.70. The van der Waals surface area contributed by atoms with Crippen LogP contribution in [0, 0.1) is 5.41 Å². The molecule has 2 saturated heterocycles. The third-order valence-corrected chi connectivity index (χ3v) is 8.32. The first-order valence-corrected chi connectivity index (χ1v) is 12.1. The van der Waals surface area contributed by atoms with Gasteiger partial charge in [-0.25, -0.2) is 0 Å². The Bertz CT molecular complexity index is 1280. The predicted molar refractivity (Wildman–Crippen MR) is 126 cm³/mol. The molecule has 1 aromatic carbocycles. The summed E-state index contributed by atoms with van der Waals surface area (Å²) >= 11 is 0. The van der Waals surface area contributed by atoms with Gasteiger partial charge in [-0.05, 0) is 96.9 Å². The van der Waals surface area contributed by atoms with E-state index in [9.17, 15) is 15.0 Å². The molecule has 0 radical (unpaired) electrons. The van der Waals surface area contributed by atoms with Crippen molar-refractivity contribution < 1.29 is 15.0 Å². The summed E-state index contributed by atoms with van der Waals surface area (Å²) in [6.45, 7) is 6.22. The van der Waals surface area contributed by atoms with E-state index >= 15 is 0 Å². The number of fused-ring (bicyclic) bond motifs is 3. The maximum atomic E-state index is 12.0. The number of aliphatic hydroxyl groups excluding tert-OH is 2. The van der Waals surface area contributed by atoms with Gasteiger partial charge in [0.1, 0.15) is 6.10 Å². The van der Waals surface area contributed by atoms with Crippen LogP contribution in [-0.4, -0.2) is 84.7 Å². The zero-order valence-corrected chi connectivity index (χ0v) is 19.4. The average Bonchev–Trinajstić information content (AvgIpc) is 3.36. The highest BCUT2D eigenvalue weighted by Gasteiger charge is 2.43. The fraction of sp³-hybridized carbons (Fsp3) is 0.520. The predicted octanol–water partition coefficient (Wildman–Crippen LogP) is 1.71. The molecule has 0 saturated carbocycles. The number of β-amino-alcohol motifs (C(OH)–C–C–N with tert-alkyl or cyclic N) is 1. The normalized spacial score (nSPS) is 24.3. The number of tetrazole rings is 1. The second-order valence-corrected chi connectivity index (χ2v) is 10.2. The van der Waals surface area contributed by atoms with E-state index in [4.69, 9.17) is 0 Å². The van der Waals surface area contributed by atoms with E-state index < -0.39 is 12.2 Å². The highest BCUT2D eigenvalue weighted by molar-refractivity contribution is 6.07. The molecule has 34 heavy (non-hydrogen) atoms. The molecular formula is C25H30N6O3. The van der Waals surface area contributed by atoms with Crippen LogP contribution in [0.2, 0.25) is 0 Å². The van der Waals surface area contributed by atoms with Gasteiger partial charge in [-0.15, -0.1) is 5.10 Å². The highest BCUT2D eigenvalue weighted by atomic mass is 16.3. The molecule has 2 aromatic heterocycles. The Balaban J connectivity index is 1.06. The lowest BCUT2D eigenvalue weighted by Crippen LogP contribution is -2.51. The van der Waals surface area contributed by atoms with Gasteiger partial charge in [0.05, 0.1) is 17.3 Å². The van der Waals surface area contributed by atoms with Crippen LogP contribution < -0.4 is 0 Å². The van der Waals surface area contributed by atoms with Gasteiger partial charge in [0.2, 0.25) is 5.78 Å². The van der Waals surface area contributed by atoms with Gasteiger partial charge < -0.3 is 20.0 Å². The van der Waals surface area contributed by atoms with Crippen LogP contribution >= 0.6 is 0 Å². The summed E-state index contributed by atoms with van der Waals surface area (Å²) < 4.78 is 1.71. The van der Waals surface area contributed by atoms with Crippen molar-refractivity contribution in [3.8, 4) is 0 Å². The zero-order valence-electron chi connectivity index (χ0n) is 19.4. The van der Waals surface area contributed by atoms with Crippen LogP contribution in [0.15, 0.2) is 41.6 Å². The SMILES string of the molecule is CC1=C(N2CCC3(CCN(C[C@H](O)c4ccc5c(ccc6nnnn65)c4)CC3)CC2)C(=O)C1O. The molecule has 6 rings (SSSR count). The molecule has 1 aliphatic carbocycles. The van der Waals surface area contributed by atoms with Crippen molar-refractivity contribution in [3.05, 3.63) is 47.2 Å². The summed E-state index contributed by atoms with van der Waals surface area (Å²) in [5.41, 5.74) is 4.44. The summed E-state index contributed by atoms with van der Waals surface area (Å²) in [5.74, 6) is -0.117. The number of hydrogen-bond acceptors (Lipinski definition) is 8. The number of nitrogens with zero attached hydrogens (tertiary/aromatic N) is 6. The first-order valence-electron chi connectivity index (χ1n) is 12.1. The number of piperidine rings is 2. The van der Waals surface area contributed by atoms with Crippen LogP contribution in [0.3, 0.4) is 0 Å². The number of ketones is 1. The van der Waals surface area contributed by atoms with Crippen molar-refractivity contribution in [2.24, 2.45) is 5.41 Å². The van der Waals surface area contributed by atoms with Crippen molar-refractivity contribution >= 4 is 22.3 Å². The number of carbonyl (C=O) groups is 1. The van der Waals surface area contributed by atoms with Crippen LogP contribution in [0.5, 0.6) is 0 Å². The fourth-order valence-corrected chi connectivity index (χ4v) is 5.98. The fourth-order valence-electron chi connectivity index (χ4n) is 5.98. The first-order chi connectivity index (χ1) is 16.4. The van der Waals surface area contributed by atoms with Crippen LogP contribution in [0.4, 0.5) is 0 Å². The smallest absolute Gasteiger partial charge is 0.211 e. The quantitative estimate of drug-likeness (QED) is 0.604. The summed E-state index contributed by atoms with van der Waals surface area (Å²) in [5, 5.41) is 33.4. The molecule has 0 amide bonds. The Morgan fingerprint density at radius 1 is 1.09 bits per heavy atom. The molecule has 4 heterocycles. The Hall–Kier alpha value is -2.88. The Labute approximate surface area is 197 Å². The minimum Gasteiger partial charge on any atom is -0.387 e. The van der Waals surface area contributed by atoms with Crippen LogP contribution in [0.25, 0.3) is 16.6 Å². The summed E-state index contributed by atoms with van der Waals surface area (Å²) in [6.07, 6.45) is 2.98. The van der Waals surface area contributed by atoms with Gasteiger partial charge in [0, 0.05) is 25.0 Å². The van der Waals surface area contributed by atoms with Gasteiger partial charge in [-0.2, -0.15) is 4.52 Å². The second-order valence-electron chi connectivity index (χ2n) is 10.2. The highest BCUT2D eigenvalue weighted by Crippen LogP contribution is 2.43. The van der Waals surface area contributed by atoms with E-state index in [-0.39, 0.29) is 5.78 Å². The number of likely N-dealkylation sites (tertiary alicyclic amines) is 2. The number of carbonyl (C=O) groups excluding carboxylic acids is 1. The number of aliphatic hydroxyl groups is 2. The maximum absolute atomic E-state index is 12.0. The molecule has 2 N–H and O–H groups in total. The van der Waals surface area contributed by atoms with Crippen LogP contribution in [0.1, 0.15) is 44.3 Å². The van der Waals surface area contributed by atoms with Crippen molar-refractivity contribution in [1.29, 1.82) is 0 Å². The lowest BCUT2D eigenvalue weighted by molar-refractivity contribution is -0.127. The number of Topliss-reactive ketones (excluding diaryl/α,β-unsaturated/α-hetero) is 1. The van der Waals surface area contributed by atoms with Crippen molar-refractivity contribution in [1.82, 2.24) is 29.8 Å². The van der Waals surface area contributed by atoms with Crippen LogP contribution in [-0.2, 0) is 4.79 Å². The lowest BCUT2D eigenvalue weighted by Gasteiger charge is -2.49. The van der Waals surface area contributed by atoms with Gasteiger partial charge in [-0.1, -0.05) is 6.07 Å². The molecule has 178 valence electrons. The molecule has 2 fully saturated rings. The second kappa shape index (κ2) is 8.11. The van der Waals surface area contributed by atoms with Crippen molar-refractivity contribution in [2.45, 2.75) is 44.8 Å². The topological polar surface area (TPSA) is 107 Å². The van der Waals surface area contributed by atoms with E-state index in [1.807, 2.05) is 37.3 Å². The van der Waals surface area contributed by atoms with Gasteiger partial charge in [-0.3, -0.25) is 4.79 Å². The Morgan fingerprint density at radius 3 is 2.56 bits per heavy atom. The largest absolute Gasteiger partial charge is 0.387 e. The molecule has 2 aliphatic heterocycles. The van der Waals surface area contributed by atoms with Crippen molar-refractivity contribution in [2.75, 3.05) is 32.7 Å². The monoisotopic (exact) mass is 462 g/mol. The molecule has 9 heteroatoms. The summed E-state index contributed by atoms with van der Waals surface area (Å²) in [4.78, 5) is 16.6. The maximum Gasteiger partial charge on any atom is 0.211 e. The molecule has 1 spiro atoms. The number of rotatable bonds is 4. The molecule has 9 nitrogen and oxygen atoms in total. The summed E-state index contributed by atoms with van der Waals surface area (Å²) in [7, 11) is 0. The van der Waals surface area contributed by atoms with Gasteiger partial charge >= 0.3 is 0 Å². The van der Waals surface area contributed by atoms with E-state index in [2.05, 4.69) is 25.3 Å². The van der Waals surface area contributed by atoms with Gasteiger partial charge in [0.15, 0.2) is 5.65 Å².